The first-order chi connectivity index (χ1) is 19.2. The molecule has 6 nitrogen and oxygen atoms in total. The summed E-state index contributed by atoms with van der Waals surface area (Å²) in [6.07, 6.45) is 11.9. The Kier molecular flexibility index (Phi) is 15.9. The number of Topliss-reactive ketones (excluding diaryl/α,β-unsaturated/α-hetero) is 2. The molecule has 2 aliphatic carbocycles. The molecule has 0 saturated heterocycles. The second-order valence-corrected chi connectivity index (χ2v) is 11.6. The third-order valence-electron chi connectivity index (χ3n) is 7.87. The van der Waals surface area contributed by atoms with Crippen LogP contribution < -0.4 is 0 Å². The van der Waals surface area contributed by atoms with Crippen LogP contribution in [-0.4, -0.2) is 71.5 Å². The predicted molar refractivity (Wildman–Crippen MR) is 165 cm³/mol. The van der Waals surface area contributed by atoms with Gasteiger partial charge in [-0.25, -0.2) is 0 Å². The summed E-state index contributed by atoms with van der Waals surface area (Å²) in [5, 5.41) is 18.5. The van der Waals surface area contributed by atoms with Crippen molar-refractivity contribution in [3.05, 3.63) is 68.7 Å². The summed E-state index contributed by atoms with van der Waals surface area (Å²) in [7, 11) is 0. The van der Waals surface area contributed by atoms with Crippen molar-refractivity contribution >= 4 is 84.4 Å². The van der Waals surface area contributed by atoms with Crippen LogP contribution in [0.1, 0.15) is 136 Å². The number of hydrogen-bond acceptors (Lipinski definition) is 4. The van der Waals surface area contributed by atoms with Gasteiger partial charge in [-0.05, 0) is 60.8 Å². The van der Waals surface area contributed by atoms with Crippen molar-refractivity contribution in [2.45, 2.75) is 102 Å². The van der Waals surface area contributed by atoms with Gasteiger partial charge in [-0.3, -0.25) is 19.2 Å². The maximum atomic E-state index is 11.9. The molecule has 0 bridgehead atoms. The fourth-order valence-electron chi connectivity index (χ4n) is 5.62. The Labute approximate surface area is 285 Å². The van der Waals surface area contributed by atoms with Crippen molar-refractivity contribution in [3.63, 3.8) is 0 Å². The Bertz CT molecular complexity index is 1120. The summed E-state index contributed by atoms with van der Waals surface area (Å²) in [5.74, 6) is -1.24. The summed E-state index contributed by atoms with van der Waals surface area (Å²) in [5.41, 5.74) is 3.27. The predicted octanol–water partition coefficient (Wildman–Crippen LogP) is 8.71. The van der Waals surface area contributed by atoms with Gasteiger partial charge >= 0.3 is 49.7 Å². The first kappa shape index (κ1) is 35.8. The van der Waals surface area contributed by atoms with Gasteiger partial charge in [-0.15, -0.1) is 0 Å². The fraction of sp³-hybridized carbons (Fsp3) is 0.500. The number of carbonyl (C=O) groups excluding carboxylic acids is 2. The van der Waals surface area contributed by atoms with Gasteiger partial charge in [0.05, 0.1) is 12.8 Å². The number of hydrogen-bond donors (Lipinski definition) is 2. The van der Waals surface area contributed by atoms with E-state index in [0.29, 0.717) is 33.0 Å². The van der Waals surface area contributed by atoms with Crippen LogP contribution in [0.4, 0.5) is 0 Å². The van der Waals surface area contributed by atoms with E-state index < -0.39 is 11.9 Å². The molecule has 9 heteroatoms. The molecular formula is C32H40CaCl2O6. The van der Waals surface area contributed by atoms with Crippen molar-refractivity contribution < 1.29 is 32.2 Å². The largest absolute Gasteiger partial charge is 2.00 e. The SMILES string of the molecule is O=C(O)CCC(=O)c1ccc(C2CCCCC2)c(Cl)c1.O=C(O)CCC(=O)c1ccc(C2CCCCC2)c(Cl)c1.[Ca+2].[H-].[H-]. The number of carbonyl (C=O) groups is 4. The van der Waals surface area contributed by atoms with Crippen molar-refractivity contribution in [3.8, 4) is 0 Å². The van der Waals surface area contributed by atoms with Gasteiger partial charge in [0, 0.05) is 34.0 Å². The average molecular weight is 632 g/mol. The molecule has 0 aliphatic heterocycles. The summed E-state index contributed by atoms with van der Waals surface area (Å²) < 4.78 is 0. The molecule has 2 fully saturated rings. The summed E-state index contributed by atoms with van der Waals surface area (Å²) in [4.78, 5) is 44.7. The maximum absolute atomic E-state index is 11.9. The molecule has 0 aromatic heterocycles. The van der Waals surface area contributed by atoms with E-state index in [4.69, 9.17) is 33.4 Å². The van der Waals surface area contributed by atoms with E-state index in [1.54, 1.807) is 24.3 Å². The average Bonchev–Trinajstić information content (AvgIpc) is 2.95. The maximum Gasteiger partial charge on any atom is 2.00 e. The van der Waals surface area contributed by atoms with Crippen molar-refractivity contribution in [2.75, 3.05) is 0 Å². The van der Waals surface area contributed by atoms with Gasteiger partial charge in [-0.1, -0.05) is 86.0 Å². The minimum absolute atomic E-state index is 0. The Balaban J connectivity index is 0.000000767. The standard InChI is InChI=1S/2C16H19ClO3.Ca.2H/c2*17-14-10-12(15(18)8-9-16(19)20)6-7-13(14)11-4-2-1-3-5-11;;;/h2*6-7,10-11H,1-5,8-9H2,(H,19,20);;;/q;;+2;2*-1. The van der Waals surface area contributed by atoms with Crippen LogP contribution in [0, 0.1) is 0 Å². The van der Waals surface area contributed by atoms with E-state index in [1.165, 1.54) is 38.5 Å². The number of carboxylic acid groups (broad SMARTS) is 2. The Morgan fingerprint density at radius 2 is 0.951 bits per heavy atom. The minimum atomic E-state index is -0.955. The zero-order chi connectivity index (χ0) is 29.1. The van der Waals surface area contributed by atoms with Crippen LogP contribution in [0.3, 0.4) is 0 Å². The molecule has 0 atom stereocenters. The smallest absolute Gasteiger partial charge is 1.00 e. The normalized spacial score (nSPS) is 15.7. The summed E-state index contributed by atoms with van der Waals surface area (Å²) >= 11 is 12.6. The van der Waals surface area contributed by atoms with Gasteiger partial charge in [-0.2, -0.15) is 0 Å². The molecular weight excluding hydrogens is 591 g/mol. The van der Waals surface area contributed by atoms with Crippen molar-refractivity contribution in [1.29, 1.82) is 0 Å². The molecule has 220 valence electrons. The van der Waals surface area contributed by atoms with Gasteiger partial charge in [0.15, 0.2) is 11.6 Å². The zero-order valence-corrected chi connectivity index (χ0v) is 27.2. The fourth-order valence-corrected chi connectivity index (χ4v) is 6.29. The van der Waals surface area contributed by atoms with Gasteiger partial charge in [0.2, 0.25) is 0 Å². The van der Waals surface area contributed by atoms with E-state index in [0.717, 1.165) is 36.8 Å². The Morgan fingerprint density at radius 1 is 0.610 bits per heavy atom. The van der Waals surface area contributed by atoms with Crippen LogP contribution >= 0.6 is 23.2 Å². The summed E-state index contributed by atoms with van der Waals surface area (Å²) in [6.45, 7) is 0. The number of aliphatic carboxylic acids is 2. The number of ketones is 2. The number of halogens is 2. The minimum Gasteiger partial charge on any atom is -1.00 e. The Morgan fingerprint density at radius 3 is 1.24 bits per heavy atom. The van der Waals surface area contributed by atoms with Crippen LogP contribution in [0.25, 0.3) is 0 Å². The van der Waals surface area contributed by atoms with Crippen LogP contribution in [-0.2, 0) is 9.59 Å². The first-order valence-corrected chi connectivity index (χ1v) is 15.0. The molecule has 2 aliphatic rings. The number of benzene rings is 2. The topological polar surface area (TPSA) is 109 Å². The number of carboxylic acids is 2. The first-order valence-electron chi connectivity index (χ1n) is 14.2. The van der Waals surface area contributed by atoms with E-state index in [2.05, 4.69) is 0 Å². The molecule has 0 radical (unpaired) electrons. The molecule has 41 heavy (non-hydrogen) atoms. The van der Waals surface area contributed by atoms with Crippen molar-refractivity contribution in [2.24, 2.45) is 0 Å². The van der Waals surface area contributed by atoms with E-state index >= 15 is 0 Å². The molecule has 2 aromatic carbocycles. The molecule has 0 unspecified atom stereocenters. The third kappa shape index (κ3) is 11.6. The number of rotatable bonds is 10. The van der Waals surface area contributed by atoms with Crippen LogP contribution in [0.5, 0.6) is 0 Å². The van der Waals surface area contributed by atoms with Crippen molar-refractivity contribution in [1.82, 2.24) is 0 Å². The van der Waals surface area contributed by atoms with E-state index in [1.807, 2.05) is 12.1 Å². The molecule has 0 spiro atoms. The summed E-state index contributed by atoms with van der Waals surface area (Å²) in [6, 6.07) is 10.8. The van der Waals surface area contributed by atoms with E-state index in [9.17, 15) is 19.2 Å². The molecule has 4 rings (SSSR count). The third-order valence-corrected chi connectivity index (χ3v) is 8.52. The van der Waals surface area contributed by atoms with E-state index in [-0.39, 0.29) is 77.8 Å². The van der Waals surface area contributed by atoms with Gasteiger partial charge < -0.3 is 13.1 Å². The molecule has 0 amide bonds. The second kappa shape index (κ2) is 18.3. The second-order valence-electron chi connectivity index (χ2n) is 10.8. The van der Waals surface area contributed by atoms with Gasteiger partial charge in [0.25, 0.3) is 0 Å². The molecule has 2 saturated carbocycles. The quantitative estimate of drug-likeness (QED) is 0.201. The molecule has 2 aromatic rings. The zero-order valence-electron chi connectivity index (χ0n) is 25.5. The van der Waals surface area contributed by atoms with Crippen LogP contribution in [0.2, 0.25) is 10.0 Å². The monoisotopic (exact) mass is 630 g/mol. The molecule has 0 heterocycles. The van der Waals surface area contributed by atoms with Gasteiger partial charge in [0.1, 0.15) is 0 Å². The Hall–Kier alpha value is -1.44. The molecule has 2 N–H and O–H groups in total. The van der Waals surface area contributed by atoms with Crippen LogP contribution in [0.15, 0.2) is 36.4 Å².